The maximum Gasteiger partial charge on any atom is 0.312 e. The largest absolute Gasteiger partial charge is 0.507 e. The first-order chi connectivity index (χ1) is 9.01. The lowest BCUT2D eigenvalue weighted by atomic mass is 9.87. The quantitative estimate of drug-likeness (QED) is 0.669. The van der Waals surface area contributed by atoms with Crippen LogP contribution in [0, 0.1) is 5.41 Å². The molecule has 1 aromatic rings. The Balaban J connectivity index is 2.31. The van der Waals surface area contributed by atoms with Crippen LogP contribution in [0.3, 0.4) is 0 Å². The van der Waals surface area contributed by atoms with Crippen LogP contribution in [0.15, 0.2) is 24.8 Å². The van der Waals surface area contributed by atoms with Gasteiger partial charge in [-0.3, -0.25) is 4.79 Å². The molecular weight excluding hydrogens is 240 g/mol. The molecule has 0 aromatic heterocycles. The predicted octanol–water partition coefficient (Wildman–Crippen LogP) is 2.79. The third-order valence-electron chi connectivity index (χ3n) is 3.74. The van der Waals surface area contributed by atoms with Crippen molar-refractivity contribution in [2.45, 2.75) is 33.1 Å². The van der Waals surface area contributed by atoms with Crippen molar-refractivity contribution in [2.24, 2.45) is 5.41 Å². The van der Waals surface area contributed by atoms with Gasteiger partial charge in [-0.15, -0.1) is 6.58 Å². The van der Waals surface area contributed by atoms with Crippen LogP contribution in [0.1, 0.15) is 30.5 Å². The Kier molecular flexibility index (Phi) is 3.65. The molecule has 2 rings (SSSR count). The minimum atomic E-state index is -0.553. The number of aromatic hydroxyl groups is 1. The van der Waals surface area contributed by atoms with Crippen LogP contribution in [0.5, 0.6) is 5.75 Å². The SMILES string of the molecule is C=CCc1ccc2c(c1O)CC(C)(C(=O)OCC)C2. The van der Waals surface area contributed by atoms with Crippen LogP contribution < -0.4 is 0 Å². The Hall–Kier alpha value is -1.77. The van der Waals surface area contributed by atoms with Crippen LogP contribution >= 0.6 is 0 Å². The molecular formula is C16H20O3. The van der Waals surface area contributed by atoms with Crippen molar-refractivity contribution in [2.75, 3.05) is 6.61 Å². The normalized spacial score (nSPS) is 20.9. The molecule has 0 amide bonds. The van der Waals surface area contributed by atoms with Crippen molar-refractivity contribution in [3.63, 3.8) is 0 Å². The minimum Gasteiger partial charge on any atom is -0.507 e. The number of carbonyl (C=O) groups excluding carboxylic acids is 1. The van der Waals surface area contributed by atoms with E-state index < -0.39 is 5.41 Å². The van der Waals surface area contributed by atoms with Gasteiger partial charge < -0.3 is 9.84 Å². The van der Waals surface area contributed by atoms with Gasteiger partial charge in [0.25, 0.3) is 0 Å². The zero-order valence-corrected chi connectivity index (χ0v) is 11.5. The van der Waals surface area contributed by atoms with E-state index in [-0.39, 0.29) is 5.97 Å². The number of carbonyl (C=O) groups is 1. The van der Waals surface area contributed by atoms with E-state index >= 15 is 0 Å². The van der Waals surface area contributed by atoms with Gasteiger partial charge in [-0.05, 0) is 49.8 Å². The first-order valence-corrected chi connectivity index (χ1v) is 6.62. The molecule has 0 spiro atoms. The van der Waals surface area contributed by atoms with E-state index in [2.05, 4.69) is 6.58 Å². The number of hydrogen-bond acceptors (Lipinski definition) is 3. The molecule has 3 nitrogen and oxygen atoms in total. The molecule has 0 heterocycles. The highest BCUT2D eigenvalue weighted by Crippen LogP contribution is 2.42. The van der Waals surface area contributed by atoms with Gasteiger partial charge in [0.2, 0.25) is 0 Å². The molecule has 0 fully saturated rings. The van der Waals surface area contributed by atoms with Gasteiger partial charge in [-0.25, -0.2) is 0 Å². The van der Waals surface area contributed by atoms with Gasteiger partial charge in [0, 0.05) is 0 Å². The number of fused-ring (bicyclic) bond motifs is 1. The molecule has 3 heteroatoms. The lowest BCUT2D eigenvalue weighted by molar-refractivity contribution is -0.153. The molecule has 0 bridgehead atoms. The van der Waals surface area contributed by atoms with Crippen LogP contribution in [0.2, 0.25) is 0 Å². The highest BCUT2D eigenvalue weighted by Gasteiger charge is 2.42. The van der Waals surface area contributed by atoms with Crippen molar-refractivity contribution in [1.82, 2.24) is 0 Å². The van der Waals surface area contributed by atoms with Gasteiger partial charge in [0.05, 0.1) is 12.0 Å². The molecule has 1 aromatic carbocycles. The van der Waals surface area contributed by atoms with E-state index in [1.807, 2.05) is 26.0 Å². The number of phenols is 1. The topological polar surface area (TPSA) is 46.5 Å². The molecule has 102 valence electrons. The van der Waals surface area contributed by atoms with E-state index in [1.165, 1.54) is 0 Å². The van der Waals surface area contributed by atoms with Crippen molar-refractivity contribution in [3.05, 3.63) is 41.5 Å². The van der Waals surface area contributed by atoms with Crippen LogP contribution in [-0.4, -0.2) is 17.7 Å². The van der Waals surface area contributed by atoms with Crippen LogP contribution in [-0.2, 0) is 28.8 Å². The first-order valence-electron chi connectivity index (χ1n) is 6.62. The summed E-state index contributed by atoms with van der Waals surface area (Å²) in [6, 6.07) is 3.91. The van der Waals surface area contributed by atoms with Gasteiger partial charge in [-0.1, -0.05) is 18.2 Å². The monoisotopic (exact) mass is 260 g/mol. The number of allylic oxidation sites excluding steroid dienone is 1. The molecule has 1 atom stereocenters. The van der Waals surface area contributed by atoms with Gasteiger partial charge in [0.15, 0.2) is 0 Å². The highest BCUT2D eigenvalue weighted by molar-refractivity contribution is 5.79. The molecule has 1 N–H and O–H groups in total. The summed E-state index contributed by atoms with van der Waals surface area (Å²) in [5, 5.41) is 10.3. The molecule has 0 saturated heterocycles. The summed E-state index contributed by atoms with van der Waals surface area (Å²) in [6.07, 6.45) is 3.57. The van der Waals surface area contributed by atoms with E-state index in [0.717, 1.165) is 16.7 Å². The Morgan fingerprint density at radius 2 is 2.26 bits per heavy atom. The molecule has 0 radical (unpaired) electrons. The molecule has 1 aliphatic carbocycles. The average molecular weight is 260 g/mol. The summed E-state index contributed by atoms with van der Waals surface area (Å²) in [5.41, 5.74) is 2.24. The lowest BCUT2D eigenvalue weighted by Gasteiger charge is -2.20. The van der Waals surface area contributed by atoms with Crippen LogP contribution in [0.25, 0.3) is 0 Å². The Morgan fingerprint density at radius 1 is 1.53 bits per heavy atom. The maximum atomic E-state index is 12.0. The number of phenolic OH excluding ortho intramolecular Hbond substituents is 1. The van der Waals surface area contributed by atoms with E-state index in [4.69, 9.17) is 4.74 Å². The minimum absolute atomic E-state index is 0.184. The highest BCUT2D eigenvalue weighted by atomic mass is 16.5. The first kappa shape index (κ1) is 13.7. The number of hydrogen-bond donors (Lipinski definition) is 1. The summed E-state index contributed by atoms with van der Waals surface area (Å²) in [7, 11) is 0. The standard InChI is InChI=1S/C16H20O3/c1-4-6-11-7-8-12-9-16(3,15(18)19-5-2)10-13(12)14(11)17/h4,7-8,17H,1,5-6,9-10H2,2-3H3. The van der Waals surface area contributed by atoms with Gasteiger partial charge in [-0.2, -0.15) is 0 Å². The number of benzene rings is 1. The third kappa shape index (κ3) is 2.37. The molecule has 1 unspecified atom stereocenters. The van der Waals surface area contributed by atoms with Gasteiger partial charge in [0.1, 0.15) is 5.75 Å². The molecule has 0 saturated carbocycles. The van der Waals surface area contributed by atoms with E-state index in [1.54, 1.807) is 6.08 Å². The molecule has 19 heavy (non-hydrogen) atoms. The van der Waals surface area contributed by atoms with Crippen molar-refractivity contribution >= 4 is 5.97 Å². The summed E-state index contributed by atoms with van der Waals surface area (Å²) in [4.78, 5) is 12.0. The smallest absolute Gasteiger partial charge is 0.312 e. The number of esters is 1. The van der Waals surface area contributed by atoms with E-state index in [9.17, 15) is 9.90 Å². The Bertz CT molecular complexity index is 519. The summed E-state index contributed by atoms with van der Waals surface area (Å²) in [6.45, 7) is 7.78. The predicted molar refractivity (Wildman–Crippen MR) is 74.2 cm³/mol. The fraction of sp³-hybridized carbons (Fsp3) is 0.438. The Morgan fingerprint density at radius 3 is 2.89 bits per heavy atom. The summed E-state index contributed by atoms with van der Waals surface area (Å²) in [5.74, 6) is 0.126. The summed E-state index contributed by atoms with van der Waals surface area (Å²) < 4.78 is 5.14. The number of ether oxygens (including phenoxy) is 1. The zero-order valence-electron chi connectivity index (χ0n) is 11.5. The van der Waals surface area contributed by atoms with E-state index in [0.29, 0.717) is 31.6 Å². The van der Waals surface area contributed by atoms with Gasteiger partial charge >= 0.3 is 5.97 Å². The number of rotatable bonds is 4. The van der Waals surface area contributed by atoms with Crippen molar-refractivity contribution < 1.29 is 14.6 Å². The third-order valence-corrected chi connectivity index (χ3v) is 3.74. The Labute approximate surface area is 113 Å². The summed E-state index contributed by atoms with van der Waals surface area (Å²) >= 11 is 0. The second kappa shape index (κ2) is 5.08. The second-order valence-electron chi connectivity index (χ2n) is 5.34. The second-order valence-corrected chi connectivity index (χ2v) is 5.34. The zero-order chi connectivity index (χ0) is 14.0. The maximum absolute atomic E-state index is 12.0. The molecule has 0 aliphatic heterocycles. The fourth-order valence-electron chi connectivity index (χ4n) is 2.73. The molecule has 1 aliphatic rings. The van der Waals surface area contributed by atoms with Crippen LogP contribution in [0.4, 0.5) is 0 Å². The lowest BCUT2D eigenvalue weighted by Crippen LogP contribution is -2.30. The average Bonchev–Trinajstić information content (AvgIpc) is 2.73. The fourth-order valence-corrected chi connectivity index (χ4v) is 2.73. The van der Waals surface area contributed by atoms with Crippen molar-refractivity contribution in [3.8, 4) is 5.75 Å². The van der Waals surface area contributed by atoms with Crippen molar-refractivity contribution in [1.29, 1.82) is 0 Å².